The van der Waals surface area contributed by atoms with Gasteiger partial charge in [-0.1, -0.05) is 17.7 Å². The highest BCUT2D eigenvalue weighted by Gasteiger charge is 2.39. The zero-order valence-electron chi connectivity index (χ0n) is 16.0. The highest BCUT2D eigenvalue weighted by molar-refractivity contribution is 6.34. The van der Waals surface area contributed by atoms with Gasteiger partial charge in [0.2, 0.25) is 5.91 Å². The summed E-state index contributed by atoms with van der Waals surface area (Å²) in [5.74, 6) is -2.76. The molecular weight excluding hydrogens is 386 g/mol. The van der Waals surface area contributed by atoms with Crippen LogP contribution in [0.25, 0.3) is 0 Å². The molecule has 0 spiro atoms. The Bertz CT molecular complexity index is 822. The second-order valence-corrected chi connectivity index (χ2v) is 7.42. The molecule has 0 saturated carbocycles. The minimum atomic E-state index is -1.29. The Balaban J connectivity index is 1.81. The first-order valence-electron chi connectivity index (χ1n) is 8.90. The van der Waals surface area contributed by atoms with Gasteiger partial charge in [0, 0.05) is 53.2 Å². The summed E-state index contributed by atoms with van der Waals surface area (Å²) in [6.07, 6.45) is 1.26. The number of rotatable bonds is 3. The Hall–Kier alpha value is -2.74. The molecule has 2 fully saturated rings. The standard InChI is InChI=1S/C19H22ClN3O5/c1-12(24)22-7-9-23(10-8-22)16-14(20)5-4-6-15(16)21-11-13-17(25)27-19(2,3)28-18(13)26/h4-6,11,21H,7-10H2,1-3H3. The number of para-hydroxylation sites is 1. The molecule has 1 N–H and O–H groups in total. The normalized spacial score (nSPS) is 19.1. The van der Waals surface area contributed by atoms with Gasteiger partial charge in [0.05, 0.1) is 16.4 Å². The fourth-order valence-corrected chi connectivity index (χ4v) is 3.42. The summed E-state index contributed by atoms with van der Waals surface area (Å²) in [7, 11) is 0. The largest absolute Gasteiger partial charge is 0.419 e. The Kier molecular flexibility index (Phi) is 5.51. The number of benzene rings is 1. The molecule has 1 amide bonds. The summed E-state index contributed by atoms with van der Waals surface area (Å²) in [6.45, 7) is 6.95. The molecule has 1 aromatic carbocycles. The molecule has 28 heavy (non-hydrogen) atoms. The molecule has 150 valence electrons. The molecule has 0 aromatic heterocycles. The third kappa shape index (κ3) is 4.22. The van der Waals surface area contributed by atoms with Crippen molar-refractivity contribution in [2.24, 2.45) is 0 Å². The topological polar surface area (TPSA) is 88.2 Å². The van der Waals surface area contributed by atoms with Crippen LogP contribution in [-0.2, 0) is 23.9 Å². The summed E-state index contributed by atoms with van der Waals surface area (Å²) >= 11 is 6.41. The maximum Gasteiger partial charge on any atom is 0.350 e. The maximum absolute atomic E-state index is 12.1. The van der Waals surface area contributed by atoms with Crippen molar-refractivity contribution < 1.29 is 23.9 Å². The minimum Gasteiger partial charge on any atom is -0.419 e. The average Bonchev–Trinajstić information content (AvgIpc) is 2.60. The molecular formula is C19H22ClN3O5. The van der Waals surface area contributed by atoms with Crippen LogP contribution in [0.15, 0.2) is 30.0 Å². The van der Waals surface area contributed by atoms with E-state index in [2.05, 4.69) is 10.2 Å². The van der Waals surface area contributed by atoms with Crippen molar-refractivity contribution in [1.29, 1.82) is 0 Å². The number of amides is 1. The molecule has 1 aromatic rings. The van der Waals surface area contributed by atoms with E-state index in [1.807, 2.05) is 0 Å². The molecule has 0 radical (unpaired) electrons. The van der Waals surface area contributed by atoms with Crippen LogP contribution in [0, 0.1) is 0 Å². The van der Waals surface area contributed by atoms with Gasteiger partial charge in [-0.05, 0) is 12.1 Å². The monoisotopic (exact) mass is 407 g/mol. The Morgan fingerprint density at radius 3 is 2.32 bits per heavy atom. The van der Waals surface area contributed by atoms with Crippen molar-refractivity contribution >= 4 is 40.8 Å². The van der Waals surface area contributed by atoms with Crippen LogP contribution >= 0.6 is 11.6 Å². The highest BCUT2D eigenvalue weighted by atomic mass is 35.5. The van der Waals surface area contributed by atoms with Gasteiger partial charge in [-0.2, -0.15) is 0 Å². The molecule has 8 nitrogen and oxygen atoms in total. The minimum absolute atomic E-state index is 0.0409. The van der Waals surface area contributed by atoms with Crippen molar-refractivity contribution in [3.63, 3.8) is 0 Å². The highest BCUT2D eigenvalue weighted by Crippen LogP contribution is 2.35. The lowest BCUT2D eigenvalue weighted by Crippen LogP contribution is -2.48. The van der Waals surface area contributed by atoms with Crippen LogP contribution in [0.5, 0.6) is 0 Å². The van der Waals surface area contributed by atoms with Crippen molar-refractivity contribution in [2.45, 2.75) is 26.6 Å². The first-order valence-corrected chi connectivity index (χ1v) is 9.28. The second kappa shape index (κ2) is 7.71. The zero-order chi connectivity index (χ0) is 20.5. The predicted molar refractivity (Wildman–Crippen MR) is 104 cm³/mol. The average molecular weight is 408 g/mol. The van der Waals surface area contributed by atoms with Gasteiger partial charge in [-0.25, -0.2) is 9.59 Å². The van der Waals surface area contributed by atoms with Crippen LogP contribution in [-0.4, -0.2) is 54.7 Å². The Morgan fingerprint density at radius 1 is 1.14 bits per heavy atom. The van der Waals surface area contributed by atoms with Crippen LogP contribution in [0.4, 0.5) is 11.4 Å². The number of hydrogen-bond acceptors (Lipinski definition) is 7. The molecule has 9 heteroatoms. The molecule has 3 rings (SSSR count). The van der Waals surface area contributed by atoms with Crippen LogP contribution in [0.3, 0.4) is 0 Å². The quantitative estimate of drug-likeness (QED) is 0.466. The maximum atomic E-state index is 12.1. The molecule has 2 heterocycles. The molecule has 2 aliphatic heterocycles. The van der Waals surface area contributed by atoms with Gasteiger partial charge < -0.3 is 24.6 Å². The van der Waals surface area contributed by atoms with Crippen molar-refractivity contribution in [1.82, 2.24) is 4.90 Å². The first kappa shape index (κ1) is 20.0. The van der Waals surface area contributed by atoms with Gasteiger partial charge in [0.15, 0.2) is 5.57 Å². The third-order valence-electron chi connectivity index (χ3n) is 4.52. The van der Waals surface area contributed by atoms with E-state index in [1.54, 1.807) is 30.0 Å². The summed E-state index contributed by atoms with van der Waals surface area (Å²) in [5.41, 5.74) is 1.13. The van der Waals surface area contributed by atoms with E-state index in [0.717, 1.165) is 5.69 Å². The van der Waals surface area contributed by atoms with E-state index in [-0.39, 0.29) is 11.5 Å². The fraction of sp³-hybridized carbons (Fsp3) is 0.421. The number of esters is 2. The van der Waals surface area contributed by atoms with Gasteiger partial charge in [0.1, 0.15) is 0 Å². The molecule has 2 saturated heterocycles. The molecule has 2 aliphatic rings. The fourth-order valence-electron chi connectivity index (χ4n) is 3.13. The number of halogens is 1. The van der Waals surface area contributed by atoms with E-state index < -0.39 is 17.7 Å². The Labute approximate surface area is 168 Å². The van der Waals surface area contributed by atoms with E-state index in [4.69, 9.17) is 21.1 Å². The van der Waals surface area contributed by atoms with Gasteiger partial charge in [0.25, 0.3) is 5.79 Å². The van der Waals surface area contributed by atoms with Crippen LogP contribution < -0.4 is 10.2 Å². The number of piperazine rings is 1. The number of anilines is 2. The summed E-state index contributed by atoms with van der Waals surface area (Å²) < 4.78 is 10.2. The van der Waals surface area contributed by atoms with E-state index in [9.17, 15) is 14.4 Å². The summed E-state index contributed by atoms with van der Waals surface area (Å²) in [4.78, 5) is 39.5. The van der Waals surface area contributed by atoms with E-state index >= 15 is 0 Å². The summed E-state index contributed by atoms with van der Waals surface area (Å²) in [6, 6.07) is 5.32. The lowest BCUT2D eigenvalue weighted by atomic mass is 10.2. The van der Waals surface area contributed by atoms with Crippen LogP contribution in [0.2, 0.25) is 5.02 Å². The predicted octanol–water partition coefficient (Wildman–Crippen LogP) is 2.14. The van der Waals surface area contributed by atoms with Crippen molar-refractivity contribution in [2.75, 3.05) is 36.4 Å². The van der Waals surface area contributed by atoms with E-state index in [0.29, 0.717) is 36.9 Å². The van der Waals surface area contributed by atoms with Crippen molar-refractivity contribution in [3.8, 4) is 0 Å². The van der Waals surface area contributed by atoms with Gasteiger partial charge in [-0.15, -0.1) is 0 Å². The Morgan fingerprint density at radius 2 is 1.75 bits per heavy atom. The number of nitrogens with zero attached hydrogens (tertiary/aromatic N) is 2. The first-order chi connectivity index (χ1) is 13.2. The lowest BCUT2D eigenvalue weighted by molar-refractivity contribution is -0.222. The molecule has 0 unspecified atom stereocenters. The smallest absolute Gasteiger partial charge is 0.350 e. The van der Waals surface area contributed by atoms with E-state index in [1.165, 1.54) is 20.0 Å². The second-order valence-electron chi connectivity index (χ2n) is 7.01. The van der Waals surface area contributed by atoms with Gasteiger partial charge >= 0.3 is 11.9 Å². The molecule has 0 bridgehead atoms. The number of carbonyl (C=O) groups is 3. The zero-order valence-corrected chi connectivity index (χ0v) is 16.7. The van der Waals surface area contributed by atoms with Gasteiger partial charge in [-0.3, -0.25) is 4.79 Å². The molecule has 0 aliphatic carbocycles. The summed E-state index contributed by atoms with van der Waals surface area (Å²) in [5, 5.41) is 3.50. The third-order valence-corrected chi connectivity index (χ3v) is 4.82. The SMILES string of the molecule is CC(=O)N1CCN(c2c(Cl)cccc2NC=C2C(=O)OC(C)(C)OC2=O)CC1. The number of hydrogen-bond donors (Lipinski definition) is 1. The number of cyclic esters (lactones) is 2. The number of carbonyl (C=O) groups excluding carboxylic acids is 3. The van der Waals surface area contributed by atoms with Crippen molar-refractivity contribution in [3.05, 3.63) is 35.0 Å². The van der Waals surface area contributed by atoms with Crippen LogP contribution in [0.1, 0.15) is 20.8 Å². The lowest BCUT2D eigenvalue weighted by Gasteiger charge is -2.37. The number of ether oxygens (including phenoxy) is 2. The molecule has 0 atom stereocenters. The number of nitrogens with one attached hydrogen (secondary N) is 1.